The zero-order valence-electron chi connectivity index (χ0n) is 12.3. The fourth-order valence-electron chi connectivity index (χ4n) is 3.15. The Morgan fingerprint density at radius 1 is 1.45 bits per heavy atom. The van der Waals surface area contributed by atoms with Crippen molar-refractivity contribution < 1.29 is 4.79 Å². The molecule has 1 aliphatic rings. The first-order valence-electron chi connectivity index (χ1n) is 7.05. The van der Waals surface area contributed by atoms with Gasteiger partial charge in [0.2, 0.25) is 5.91 Å². The maximum atomic E-state index is 12.1. The van der Waals surface area contributed by atoms with Crippen LogP contribution in [-0.2, 0) is 11.8 Å². The lowest BCUT2D eigenvalue weighted by Crippen LogP contribution is -2.25. The minimum Gasteiger partial charge on any atom is -0.311 e. The molecule has 1 unspecified atom stereocenters. The Morgan fingerprint density at radius 3 is 3.09 bits per heavy atom. The number of nitrogens with zero attached hydrogens (tertiary/aromatic N) is 4. The number of carbonyl (C=O) groups is 1. The normalized spacial score (nSPS) is 17.4. The summed E-state index contributed by atoms with van der Waals surface area (Å²) in [6, 6.07) is 4.05. The van der Waals surface area contributed by atoms with E-state index in [1.54, 1.807) is 22.2 Å². The van der Waals surface area contributed by atoms with Crippen LogP contribution in [0, 0.1) is 6.92 Å². The summed E-state index contributed by atoms with van der Waals surface area (Å²) >= 11 is 1.58. The maximum Gasteiger partial charge on any atom is 0.226 e. The van der Waals surface area contributed by atoms with Crippen LogP contribution < -0.4 is 5.32 Å². The topological polar surface area (TPSA) is 64.7 Å². The van der Waals surface area contributed by atoms with Gasteiger partial charge in [0, 0.05) is 48.4 Å². The molecule has 4 rings (SSSR count). The number of hydrogen-bond acceptors (Lipinski definition) is 4. The third-order valence-corrected chi connectivity index (χ3v) is 4.80. The lowest BCUT2D eigenvalue weighted by molar-refractivity contribution is -0.116. The van der Waals surface area contributed by atoms with Crippen LogP contribution in [0.15, 0.2) is 29.9 Å². The Balaban J connectivity index is 1.88. The molecule has 0 fully saturated rings. The van der Waals surface area contributed by atoms with Crippen molar-refractivity contribution in [2.24, 2.45) is 7.05 Å². The number of anilines is 1. The summed E-state index contributed by atoms with van der Waals surface area (Å²) in [6.45, 7) is 1.99. The Labute approximate surface area is 131 Å². The van der Waals surface area contributed by atoms with Gasteiger partial charge in [-0.1, -0.05) is 0 Å². The van der Waals surface area contributed by atoms with Gasteiger partial charge in [-0.3, -0.25) is 14.0 Å². The van der Waals surface area contributed by atoms with Crippen LogP contribution in [-0.4, -0.2) is 25.2 Å². The van der Waals surface area contributed by atoms with Gasteiger partial charge in [0.05, 0.1) is 5.69 Å². The third kappa shape index (κ3) is 1.89. The average Bonchev–Trinajstić information content (AvgIpc) is 3.19. The van der Waals surface area contributed by atoms with Gasteiger partial charge in [0.1, 0.15) is 5.82 Å². The van der Waals surface area contributed by atoms with Crippen molar-refractivity contribution >= 4 is 23.1 Å². The van der Waals surface area contributed by atoms with Crippen molar-refractivity contribution in [1.29, 1.82) is 0 Å². The van der Waals surface area contributed by atoms with E-state index < -0.39 is 0 Å². The second-order valence-electron chi connectivity index (χ2n) is 5.39. The van der Waals surface area contributed by atoms with Crippen molar-refractivity contribution in [2.75, 3.05) is 5.32 Å². The van der Waals surface area contributed by atoms with Crippen LogP contribution >= 0.6 is 11.3 Å². The van der Waals surface area contributed by atoms with E-state index in [4.69, 9.17) is 0 Å². The molecule has 0 bridgehead atoms. The average molecular weight is 313 g/mol. The number of amides is 1. The van der Waals surface area contributed by atoms with Crippen molar-refractivity contribution in [3.63, 3.8) is 0 Å². The highest BCUT2D eigenvalue weighted by Crippen LogP contribution is 2.39. The zero-order chi connectivity index (χ0) is 15.3. The Morgan fingerprint density at radius 2 is 2.32 bits per heavy atom. The lowest BCUT2D eigenvalue weighted by atomic mass is 9.89. The molecule has 3 aromatic heterocycles. The molecule has 1 N–H and O–H groups in total. The van der Waals surface area contributed by atoms with Crippen molar-refractivity contribution in [2.45, 2.75) is 19.3 Å². The smallest absolute Gasteiger partial charge is 0.226 e. The second kappa shape index (κ2) is 4.81. The van der Waals surface area contributed by atoms with Gasteiger partial charge in [-0.2, -0.15) is 5.10 Å². The molecule has 22 heavy (non-hydrogen) atoms. The first-order chi connectivity index (χ1) is 10.6. The fourth-order valence-corrected chi connectivity index (χ4v) is 3.80. The third-order valence-electron chi connectivity index (χ3n) is 4.03. The van der Waals surface area contributed by atoms with Crippen LogP contribution in [0.1, 0.15) is 29.3 Å². The molecule has 0 aromatic carbocycles. The van der Waals surface area contributed by atoms with Crippen LogP contribution in [0.5, 0.6) is 0 Å². The summed E-state index contributed by atoms with van der Waals surface area (Å²) in [5.74, 6) is 0.814. The van der Waals surface area contributed by atoms with Crippen molar-refractivity contribution in [1.82, 2.24) is 19.3 Å². The number of fused-ring (bicyclic) bond motifs is 1. The minimum atomic E-state index is -0.00338. The van der Waals surface area contributed by atoms with Gasteiger partial charge in [0.15, 0.2) is 5.13 Å². The first-order valence-corrected chi connectivity index (χ1v) is 7.93. The van der Waals surface area contributed by atoms with E-state index in [1.807, 2.05) is 31.6 Å². The van der Waals surface area contributed by atoms with Gasteiger partial charge in [-0.25, -0.2) is 4.98 Å². The summed E-state index contributed by atoms with van der Waals surface area (Å²) in [5, 5.41) is 10.3. The molecule has 0 saturated carbocycles. The van der Waals surface area contributed by atoms with E-state index in [-0.39, 0.29) is 11.8 Å². The molecule has 6 nitrogen and oxygen atoms in total. The summed E-state index contributed by atoms with van der Waals surface area (Å²) in [5.41, 5.74) is 3.12. The van der Waals surface area contributed by atoms with E-state index in [0.717, 1.165) is 27.9 Å². The summed E-state index contributed by atoms with van der Waals surface area (Å²) in [4.78, 5) is 16.5. The molecule has 1 amide bonds. The minimum absolute atomic E-state index is 0.00338. The molecule has 4 heterocycles. The number of nitrogens with one attached hydrogen (secondary N) is 1. The Hall–Kier alpha value is -2.41. The van der Waals surface area contributed by atoms with Gasteiger partial charge in [0.25, 0.3) is 0 Å². The summed E-state index contributed by atoms with van der Waals surface area (Å²) in [6.07, 6.45) is 4.21. The number of aryl methyl sites for hydroxylation is 2. The highest BCUT2D eigenvalue weighted by Gasteiger charge is 2.33. The number of aromatic nitrogens is 4. The zero-order valence-corrected chi connectivity index (χ0v) is 13.1. The number of hydrogen-bond donors (Lipinski definition) is 1. The molecule has 112 valence electrons. The van der Waals surface area contributed by atoms with Crippen molar-refractivity contribution in [3.05, 3.63) is 46.9 Å². The van der Waals surface area contributed by atoms with Crippen LogP contribution in [0.4, 0.5) is 5.82 Å². The van der Waals surface area contributed by atoms with Gasteiger partial charge in [-0.15, -0.1) is 11.3 Å². The van der Waals surface area contributed by atoms with Crippen LogP contribution in [0.3, 0.4) is 0 Å². The van der Waals surface area contributed by atoms with E-state index in [1.165, 1.54) is 0 Å². The molecule has 7 heteroatoms. The van der Waals surface area contributed by atoms with Crippen LogP contribution in [0.25, 0.3) is 5.13 Å². The molecule has 3 aromatic rings. The molecule has 0 saturated heterocycles. The molecule has 0 aliphatic carbocycles. The fraction of sp³-hybridized carbons (Fsp3) is 0.267. The molecule has 1 aliphatic heterocycles. The van der Waals surface area contributed by atoms with Gasteiger partial charge < -0.3 is 5.32 Å². The van der Waals surface area contributed by atoms with E-state index in [9.17, 15) is 4.79 Å². The molecule has 0 spiro atoms. The lowest BCUT2D eigenvalue weighted by Gasteiger charge is -2.24. The SMILES string of the molecule is Cc1nn(C)c2c1C(c1cccn1-c1nccs1)CC(=O)N2. The maximum absolute atomic E-state index is 12.1. The first kappa shape index (κ1) is 13.3. The van der Waals surface area contributed by atoms with E-state index in [0.29, 0.717) is 6.42 Å². The van der Waals surface area contributed by atoms with Gasteiger partial charge >= 0.3 is 0 Å². The predicted octanol–water partition coefficient (Wildman–Crippen LogP) is 2.45. The molecular formula is C15H15N5OS. The Kier molecular flexibility index (Phi) is 2.90. The second-order valence-corrected chi connectivity index (χ2v) is 6.27. The number of thiazole rings is 1. The van der Waals surface area contributed by atoms with E-state index in [2.05, 4.69) is 26.0 Å². The summed E-state index contributed by atoms with van der Waals surface area (Å²) < 4.78 is 3.80. The molecule has 0 radical (unpaired) electrons. The molecular weight excluding hydrogens is 298 g/mol. The Bertz CT molecular complexity index is 846. The van der Waals surface area contributed by atoms with Crippen molar-refractivity contribution in [3.8, 4) is 5.13 Å². The molecule has 1 atom stereocenters. The standard InChI is InChI=1S/C15H15N5OS/c1-9-13-10(8-12(21)17-14(13)19(2)18-9)11-4-3-6-20(11)15-16-5-7-22-15/h3-7,10H,8H2,1-2H3,(H,17,21). The number of carbonyl (C=O) groups excluding carboxylic acids is 1. The monoisotopic (exact) mass is 313 g/mol. The highest BCUT2D eigenvalue weighted by atomic mass is 32.1. The van der Waals surface area contributed by atoms with E-state index >= 15 is 0 Å². The largest absolute Gasteiger partial charge is 0.311 e. The predicted molar refractivity (Wildman–Crippen MR) is 84.5 cm³/mol. The quantitative estimate of drug-likeness (QED) is 0.790. The number of rotatable bonds is 2. The highest BCUT2D eigenvalue weighted by molar-refractivity contribution is 7.12. The van der Waals surface area contributed by atoms with Crippen LogP contribution in [0.2, 0.25) is 0 Å². The summed E-state index contributed by atoms with van der Waals surface area (Å²) in [7, 11) is 1.86. The van der Waals surface area contributed by atoms with Gasteiger partial charge in [-0.05, 0) is 19.1 Å².